The van der Waals surface area contributed by atoms with Gasteiger partial charge in [-0.05, 0) is 72.6 Å². The summed E-state index contributed by atoms with van der Waals surface area (Å²) in [6.45, 7) is -0.123. The minimum atomic E-state index is -0.316. The van der Waals surface area contributed by atoms with E-state index in [1.54, 1.807) is 62.8 Å². The minimum absolute atomic E-state index is 0.123. The van der Waals surface area contributed by atoms with Crippen LogP contribution in [0.5, 0.6) is 11.5 Å². The highest BCUT2D eigenvalue weighted by Gasteiger charge is 2.67. The summed E-state index contributed by atoms with van der Waals surface area (Å²) < 4.78 is 10.5. The van der Waals surface area contributed by atoms with Gasteiger partial charge >= 0.3 is 0 Å². The maximum Gasteiger partial charge on any atom is 0.259 e. The summed E-state index contributed by atoms with van der Waals surface area (Å²) >= 11 is 0. The fourth-order valence-corrected chi connectivity index (χ4v) is 6.24. The second-order valence-electron chi connectivity index (χ2n) is 9.56. The maximum atomic E-state index is 13.7. The lowest BCUT2D eigenvalue weighted by atomic mass is 9.63. The third-order valence-electron chi connectivity index (χ3n) is 7.98. The second-order valence-corrected chi connectivity index (χ2v) is 9.56. The van der Waals surface area contributed by atoms with Crippen molar-refractivity contribution in [3.05, 3.63) is 66.2 Å². The molecule has 7 heteroatoms. The topological polar surface area (TPSA) is 76.2 Å². The number of carbonyl (C=O) groups excluding carboxylic acids is 3. The van der Waals surface area contributed by atoms with Gasteiger partial charge in [0.2, 0.25) is 11.8 Å². The van der Waals surface area contributed by atoms with E-state index in [9.17, 15) is 14.4 Å². The molecule has 0 aromatic heterocycles. The van der Waals surface area contributed by atoms with Crippen LogP contribution in [0.25, 0.3) is 0 Å². The highest BCUT2D eigenvalue weighted by atomic mass is 16.5. The quantitative estimate of drug-likeness (QED) is 0.490. The Hall–Kier alpha value is -3.61. The number of benzene rings is 2. The highest BCUT2D eigenvalue weighted by molar-refractivity contribution is 6.10. The van der Waals surface area contributed by atoms with E-state index in [1.807, 2.05) is 0 Å². The molecule has 5 aliphatic rings. The van der Waals surface area contributed by atoms with Crippen molar-refractivity contribution >= 4 is 23.4 Å². The third kappa shape index (κ3) is 3.06. The Balaban J connectivity index is 1.34. The molecule has 7 nitrogen and oxygen atoms in total. The molecule has 1 saturated heterocycles. The summed E-state index contributed by atoms with van der Waals surface area (Å²) in [4.78, 5) is 43.5. The van der Waals surface area contributed by atoms with Crippen molar-refractivity contribution in [3.63, 3.8) is 0 Å². The van der Waals surface area contributed by atoms with Crippen LogP contribution in [0.1, 0.15) is 16.8 Å². The lowest BCUT2D eigenvalue weighted by Gasteiger charge is -2.37. The number of amides is 3. The molecule has 3 amide bonds. The smallest absolute Gasteiger partial charge is 0.259 e. The number of methoxy groups -OCH3 is 2. The SMILES string of the molecule is COc1ccc(N(CN2C(=O)[C@@H]3[C@H]4C=C[C@@H]([C@@H]5C[C@@H]45)[C@@H]3C2=O)C(=O)c2cccc(OC)c2)cc1. The Morgan fingerprint density at radius 1 is 0.912 bits per heavy atom. The summed E-state index contributed by atoms with van der Waals surface area (Å²) in [5, 5.41) is 0. The standard InChI is InChI=1S/C27H26N2O5/c1-33-17-8-6-16(7-9-17)28(25(30)15-4-3-5-18(12-15)34-2)14-29-26(31)23-19-10-11-20(22-13-21(19)22)24(23)27(29)32/h3-12,19-24H,13-14H2,1-2H3/t19-,20-,21-,22-,23-,24+/m0/s1. The lowest BCUT2D eigenvalue weighted by molar-refractivity contribution is -0.140. The number of likely N-dealkylation sites (tertiary alicyclic amines) is 1. The van der Waals surface area contributed by atoms with Gasteiger partial charge in [0.15, 0.2) is 0 Å². The molecule has 7 rings (SSSR count). The fraction of sp³-hybridized carbons (Fsp3) is 0.370. The number of anilines is 1. The number of nitrogens with zero attached hydrogens (tertiary/aromatic N) is 2. The zero-order valence-electron chi connectivity index (χ0n) is 19.1. The van der Waals surface area contributed by atoms with Gasteiger partial charge in [0.05, 0.1) is 26.1 Å². The van der Waals surface area contributed by atoms with E-state index in [0.29, 0.717) is 34.6 Å². The molecule has 34 heavy (non-hydrogen) atoms. The lowest BCUT2D eigenvalue weighted by Crippen LogP contribution is -2.45. The van der Waals surface area contributed by atoms with Crippen LogP contribution in [-0.4, -0.2) is 43.5 Å². The van der Waals surface area contributed by atoms with Gasteiger partial charge in [0.25, 0.3) is 5.91 Å². The number of hydrogen-bond acceptors (Lipinski definition) is 5. The number of imide groups is 1. The van der Waals surface area contributed by atoms with Crippen LogP contribution < -0.4 is 14.4 Å². The minimum Gasteiger partial charge on any atom is -0.497 e. The van der Waals surface area contributed by atoms with Crippen LogP contribution in [-0.2, 0) is 9.59 Å². The van der Waals surface area contributed by atoms with Crippen molar-refractivity contribution in [2.24, 2.45) is 35.5 Å². The molecular weight excluding hydrogens is 432 g/mol. The Morgan fingerprint density at radius 2 is 1.53 bits per heavy atom. The van der Waals surface area contributed by atoms with Crippen molar-refractivity contribution in [2.75, 3.05) is 25.8 Å². The van der Waals surface area contributed by atoms with E-state index in [1.165, 1.54) is 9.80 Å². The molecule has 3 fully saturated rings. The van der Waals surface area contributed by atoms with E-state index in [0.717, 1.165) is 6.42 Å². The van der Waals surface area contributed by atoms with Crippen LogP contribution in [0.3, 0.4) is 0 Å². The van der Waals surface area contributed by atoms with E-state index < -0.39 is 0 Å². The summed E-state index contributed by atoms with van der Waals surface area (Å²) in [5.41, 5.74) is 0.989. The predicted molar refractivity (Wildman–Crippen MR) is 124 cm³/mol. The molecule has 174 valence electrons. The van der Waals surface area contributed by atoms with Crippen molar-refractivity contribution in [1.29, 1.82) is 0 Å². The number of carbonyl (C=O) groups is 3. The molecule has 0 radical (unpaired) electrons. The molecular formula is C27H26N2O5. The first-order valence-corrected chi connectivity index (χ1v) is 11.7. The van der Waals surface area contributed by atoms with E-state index in [-0.39, 0.29) is 48.1 Å². The maximum absolute atomic E-state index is 13.7. The van der Waals surface area contributed by atoms with Crippen LogP contribution >= 0.6 is 0 Å². The van der Waals surface area contributed by atoms with Gasteiger partial charge in [-0.3, -0.25) is 24.2 Å². The van der Waals surface area contributed by atoms with Crippen LogP contribution in [0.4, 0.5) is 5.69 Å². The summed E-state index contributed by atoms with van der Waals surface area (Å²) in [6.07, 6.45) is 5.41. The summed E-state index contributed by atoms with van der Waals surface area (Å²) in [5.74, 6) is 1.34. The highest BCUT2D eigenvalue weighted by Crippen LogP contribution is 2.65. The number of allylic oxidation sites excluding steroid dienone is 2. The van der Waals surface area contributed by atoms with Crippen LogP contribution in [0, 0.1) is 35.5 Å². The number of hydrogen-bond donors (Lipinski definition) is 0. The van der Waals surface area contributed by atoms with E-state index >= 15 is 0 Å². The summed E-state index contributed by atoms with van der Waals surface area (Å²) in [7, 11) is 3.12. The Morgan fingerprint density at radius 3 is 2.12 bits per heavy atom. The predicted octanol–water partition coefficient (Wildman–Crippen LogP) is 3.36. The Bertz CT molecular complexity index is 1170. The number of rotatable bonds is 6. The molecule has 4 aliphatic carbocycles. The molecule has 0 N–H and O–H groups in total. The van der Waals surface area contributed by atoms with Gasteiger partial charge in [0.1, 0.15) is 18.2 Å². The second kappa shape index (κ2) is 7.72. The van der Waals surface area contributed by atoms with Crippen molar-refractivity contribution < 1.29 is 23.9 Å². The number of ether oxygens (including phenoxy) is 2. The first-order valence-electron chi connectivity index (χ1n) is 11.7. The van der Waals surface area contributed by atoms with E-state index in [2.05, 4.69) is 12.2 Å². The van der Waals surface area contributed by atoms with Crippen LogP contribution in [0.15, 0.2) is 60.7 Å². The van der Waals surface area contributed by atoms with Crippen molar-refractivity contribution in [3.8, 4) is 11.5 Å². The molecule has 2 aromatic rings. The Kier molecular flexibility index (Phi) is 4.76. The average Bonchev–Trinajstić information content (AvgIpc) is 3.67. The van der Waals surface area contributed by atoms with Gasteiger partial charge in [0, 0.05) is 11.3 Å². The molecule has 0 spiro atoms. The monoisotopic (exact) mass is 458 g/mol. The van der Waals surface area contributed by atoms with Crippen molar-refractivity contribution in [2.45, 2.75) is 6.42 Å². The van der Waals surface area contributed by atoms with Gasteiger partial charge < -0.3 is 9.47 Å². The van der Waals surface area contributed by atoms with Crippen LogP contribution in [0.2, 0.25) is 0 Å². The molecule has 6 atom stereocenters. The zero-order valence-corrected chi connectivity index (χ0v) is 19.1. The first-order chi connectivity index (χ1) is 16.5. The Labute approximate surface area is 197 Å². The normalized spacial score (nSPS) is 30.1. The molecule has 2 saturated carbocycles. The molecule has 1 aliphatic heterocycles. The van der Waals surface area contributed by atoms with Gasteiger partial charge in [-0.25, -0.2) is 0 Å². The van der Waals surface area contributed by atoms with E-state index in [4.69, 9.17) is 9.47 Å². The van der Waals surface area contributed by atoms with Gasteiger partial charge in [-0.1, -0.05) is 18.2 Å². The molecule has 1 heterocycles. The average molecular weight is 459 g/mol. The molecule has 2 bridgehead atoms. The zero-order chi connectivity index (χ0) is 23.6. The first kappa shape index (κ1) is 21.0. The molecule has 2 aromatic carbocycles. The third-order valence-corrected chi connectivity index (χ3v) is 7.98. The van der Waals surface area contributed by atoms with Crippen molar-refractivity contribution in [1.82, 2.24) is 4.90 Å². The fourth-order valence-electron chi connectivity index (χ4n) is 6.24. The van der Waals surface area contributed by atoms with Gasteiger partial charge in [-0.15, -0.1) is 0 Å². The largest absolute Gasteiger partial charge is 0.497 e. The summed E-state index contributed by atoms with van der Waals surface area (Å²) in [6, 6.07) is 13.9. The van der Waals surface area contributed by atoms with Gasteiger partial charge in [-0.2, -0.15) is 0 Å². The molecule has 0 unspecified atom stereocenters.